The predicted octanol–water partition coefficient (Wildman–Crippen LogP) is 2.87. The van der Waals surface area contributed by atoms with Crippen molar-refractivity contribution in [1.29, 1.82) is 0 Å². The van der Waals surface area contributed by atoms with E-state index >= 15 is 0 Å². The number of aromatic nitrogens is 2. The second-order valence-electron chi connectivity index (χ2n) is 6.13. The van der Waals surface area contributed by atoms with Gasteiger partial charge in [0.1, 0.15) is 5.82 Å². The zero-order valence-corrected chi connectivity index (χ0v) is 14.3. The highest BCUT2D eigenvalue weighted by atomic mass is 16.4. The van der Waals surface area contributed by atoms with Gasteiger partial charge in [0.15, 0.2) is 0 Å². The number of hydrogen-bond acceptors (Lipinski definition) is 4. The number of anilines is 1. The van der Waals surface area contributed by atoms with Crippen LogP contribution in [-0.2, 0) is 6.54 Å². The second kappa shape index (κ2) is 6.39. The van der Waals surface area contributed by atoms with Gasteiger partial charge in [0.2, 0.25) is 0 Å². The van der Waals surface area contributed by atoms with Crippen molar-refractivity contribution in [3.8, 4) is 0 Å². The monoisotopic (exact) mass is 337 g/mol. The Balaban J connectivity index is 2.02. The summed E-state index contributed by atoms with van der Waals surface area (Å²) in [7, 11) is 1.84. The summed E-state index contributed by atoms with van der Waals surface area (Å²) in [5.74, 6) is -0.383. The Morgan fingerprint density at radius 1 is 1.24 bits per heavy atom. The molecule has 128 valence electrons. The van der Waals surface area contributed by atoms with Gasteiger partial charge in [-0.15, -0.1) is 0 Å². The van der Waals surface area contributed by atoms with Gasteiger partial charge in [0.25, 0.3) is 5.56 Å². The lowest BCUT2D eigenvalue weighted by molar-refractivity contribution is 0.0697. The summed E-state index contributed by atoms with van der Waals surface area (Å²) in [5.41, 5.74) is 3.33. The largest absolute Gasteiger partial charge is 0.478 e. The standard InChI is InChI=1S/C19H19N3O3/c1-11-8-16-15(18(23)21-12(2)20-16)9-13(11)10-22(3)17-7-5-4-6-14(17)19(24)25/h4-9H,10H2,1-3H3,(H,24,25)(H,20,21,23). The number of nitrogens with zero attached hydrogens (tertiary/aromatic N) is 2. The molecule has 6 nitrogen and oxygen atoms in total. The van der Waals surface area contributed by atoms with Crippen molar-refractivity contribution in [1.82, 2.24) is 9.97 Å². The van der Waals surface area contributed by atoms with Crippen LogP contribution in [0.2, 0.25) is 0 Å². The summed E-state index contributed by atoms with van der Waals surface area (Å²) >= 11 is 0. The molecule has 3 rings (SSSR count). The average molecular weight is 337 g/mol. The van der Waals surface area contributed by atoms with Crippen molar-refractivity contribution in [2.75, 3.05) is 11.9 Å². The number of carbonyl (C=O) groups is 1. The number of nitrogens with one attached hydrogen (secondary N) is 1. The minimum absolute atomic E-state index is 0.169. The van der Waals surface area contributed by atoms with Gasteiger partial charge in [-0.25, -0.2) is 9.78 Å². The lowest BCUT2D eigenvalue weighted by Crippen LogP contribution is -2.20. The summed E-state index contributed by atoms with van der Waals surface area (Å²) in [6, 6.07) is 10.6. The number of carboxylic acid groups (broad SMARTS) is 1. The molecular formula is C19H19N3O3. The SMILES string of the molecule is Cc1nc2cc(C)c(CN(C)c3ccccc3C(=O)O)cc2c(=O)[nH]1. The first-order chi connectivity index (χ1) is 11.9. The van der Waals surface area contributed by atoms with Gasteiger partial charge in [0, 0.05) is 13.6 Å². The number of fused-ring (bicyclic) bond motifs is 1. The highest BCUT2D eigenvalue weighted by molar-refractivity contribution is 5.94. The third-order valence-corrected chi connectivity index (χ3v) is 4.23. The van der Waals surface area contributed by atoms with Crippen molar-refractivity contribution in [3.05, 3.63) is 69.3 Å². The van der Waals surface area contributed by atoms with E-state index < -0.39 is 5.97 Å². The average Bonchev–Trinajstić information content (AvgIpc) is 2.56. The first kappa shape index (κ1) is 16.7. The van der Waals surface area contributed by atoms with Crippen LogP contribution >= 0.6 is 0 Å². The van der Waals surface area contributed by atoms with Gasteiger partial charge in [-0.1, -0.05) is 12.1 Å². The first-order valence-corrected chi connectivity index (χ1v) is 7.90. The Morgan fingerprint density at radius 3 is 2.68 bits per heavy atom. The highest BCUT2D eigenvalue weighted by Crippen LogP contribution is 2.23. The number of benzene rings is 2. The van der Waals surface area contributed by atoms with Gasteiger partial charge < -0.3 is 15.0 Å². The summed E-state index contributed by atoms with van der Waals surface area (Å²) in [4.78, 5) is 32.5. The van der Waals surface area contributed by atoms with Crippen LogP contribution in [0.1, 0.15) is 27.3 Å². The molecule has 2 N–H and O–H groups in total. The fraction of sp³-hybridized carbons (Fsp3) is 0.211. The van der Waals surface area contributed by atoms with Crippen LogP contribution in [-0.4, -0.2) is 28.1 Å². The summed E-state index contributed by atoms with van der Waals surface area (Å²) in [6.07, 6.45) is 0. The van der Waals surface area contributed by atoms with Gasteiger partial charge in [-0.2, -0.15) is 0 Å². The van der Waals surface area contributed by atoms with E-state index in [-0.39, 0.29) is 11.1 Å². The molecule has 6 heteroatoms. The van der Waals surface area contributed by atoms with Gasteiger partial charge in [0.05, 0.1) is 22.2 Å². The van der Waals surface area contributed by atoms with E-state index in [0.717, 1.165) is 11.1 Å². The second-order valence-corrected chi connectivity index (χ2v) is 6.13. The number of aromatic amines is 1. The molecule has 0 amide bonds. The van der Waals surface area contributed by atoms with Crippen LogP contribution in [0.5, 0.6) is 0 Å². The normalized spacial score (nSPS) is 10.8. The van der Waals surface area contributed by atoms with E-state index in [2.05, 4.69) is 9.97 Å². The molecule has 0 spiro atoms. The van der Waals surface area contributed by atoms with E-state index in [1.165, 1.54) is 0 Å². The van der Waals surface area contributed by atoms with Gasteiger partial charge in [-0.3, -0.25) is 4.79 Å². The molecule has 0 aliphatic heterocycles. The molecule has 0 saturated carbocycles. The molecule has 0 fully saturated rings. The topological polar surface area (TPSA) is 86.3 Å². The Hall–Kier alpha value is -3.15. The van der Waals surface area contributed by atoms with Crippen molar-refractivity contribution in [2.24, 2.45) is 0 Å². The van der Waals surface area contributed by atoms with Crippen LogP contribution in [0.15, 0.2) is 41.2 Å². The van der Waals surface area contributed by atoms with E-state index in [1.54, 1.807) is 25.1 Å². The zero-order chi connectivity index (χ0) is 18.1. The molecule has 0 radical (unpaired) electrons. The molecule has 25 heavy (non-hydrogen) atoms. The third kappa shape index (κ3) is 3.24. The lowest BCUT2D eigenvalue weighted by Gasteiger charge is -2.22. The number of hydrogen-bond donors (Lipinski definition) is 2. The fourth-order valence-corrected chi connectivity index (χ4v) is 2.95. The number of aromatic carboxylic acids is 1. The van der Waals surface area contributed by atoms with Crippen molar-refractivity contribution < 1.29 is 9.90 Å². The third-order valence-electron chi connectivity index (χ3n) is 4.23. The summed E-state index contributed by atoms with van der Waals surface area (Å²) in [5, 5.41) is 9.89. The van der Waals surface area contributed by atoms with Crippen molar-refractivity contribution in [2.45, 2.75) is 20.4 Å². The Kier molecular flexibility index (Phi) is 4.27. The van der Waals surface area contributed by atoms with Crippen molar-refractivity contribution in [3.63, 3.8) is 0 Å². The molecule has 1 heterocycles. The molecule has 0 atom stereocenters. The number of H-pyrrole nitrogens is 1. The molecule has 0 unspecified atom stereocenters. The van der Waals surface area contributed by atoms with E-state index in [1.807, 2.05) is 37.1 Å². The Labute approximate surface area is 144 Å². The van der Waals surface area contributed by atoms with Crippen LogP contribution in [0.4, 0.5) is 5.69 Å². The fourth-order valence-electron chi connectivity index (χ4n) is 2.95. The maximum Gasteiger partial charge on any atom is 0.337 e. The van der Waals surface area contributed by atoms with E-state index in [4.69, 9.17) is 0 Å². The molecule has 3 aromatic rings. The number of rotatable bonds is 4. The molecule has 0 aliphatic rings. The quantitative estimate of drug-likeness (QED) is 0.764. The van der Waals surface area contributed by atoms with Crippen molar-refractivity contribution >= 4 is 22.6 Å². The maximum atomic E-state index is 12.2. The molecule has 0 bridgehead atoms. The number of aryl methyl sites for hydroxylation is 2. The van der Waals surface area contributed by atoms with Crippen LogP contribution < -0.4 is 10.5 Å². The smallest absolute Gasteiger partial charge is 0.337 e. The van der Waals surface area contributed by atoms with Crippen LogP contribution in [0.3, 0.4) is 0 Å². The molecular weight excluding hydrogens is 318 g/mol. The Bertz CT molecular complexity index is 1020. The molecule has 1 aromatic heterocycles. The predicted molar refractivity (Wildman–Crippen MR) is 97.3 cm³/mol. The zero-order valence-electron chi connectivity index (χ0n) is 14.3. The molecule has 0 saturated heterocycles. The summed E-state index contributed by atoms with van der Waals surface area (Å²) < 4.78 is 0. The lowest BCUT2D eigenvalue weighted by atomic mass is 10.0. The van der Waals surface area contributed by atoms with Crippen LogP contribution in [0, 0.1) is 13.8 Å². The number of para-hydroxylation sites is 1. The number of carboxylic acids is 1. The minimum atomic E-state index is -0.964. The molecule has 2 aromatic carbocycles. The highest BCUT2D eigenvalue weighted by Gasteiger charge is 2.14. The van der Waals surface area contributed by atoms with E-state index in [0.29, 0.717) is 29.0 Å². The van der Waals surface area contributed by atoms with Crippen LogP contribution in [0.25, 0.3) is 10.9 Å². The Morgan fingerprint density at radius 2 is 1.96 bits per heavy atom. The van der Waals surface area contributed by atoms with Gasteiger partial charge in [-0.05, 0) is 49.2 Å². The van der Waals surface area contributed by atoms with Gasteiger partial charge >= 0.3 is 5.97 Å². The minimum Gasteiger partial charge on any atom is -0.478 e. The first-order valence-electron chi connectivity index (χ1n) is 7.90. The maximum absolute atomic E-state index is 12.2. The van der Waals surface area contributed by atoms with E-state index in [9.17, 15) is 14.7 Å². The summed E-state index contributed by atoms with van der Waals surface area (Å²) in [6.45, 7) is 4.20. The molecule has 0 aliphatic carbocycles.